The Morgan fingerprint density at radius 3 is 2.55 bits per heavy atom. The Morgan fingerprint density at radius 1 is 1.26 bits per heavy atom. The van der Waals surface area contributed by atoms with Crippen molar-refractivity contribution in [1.82, 2.24) is 20.1 Å². The van der Waals surface area contributed by atoms with Gasteiger partial charge in [0, 0.05) is 27.4 Å². The fourth-order valence-electron chi connectivity index (χ4n) is 3.30. The van der Waals surface area contributed by atoms with Crippen molar-refractivity contribution in [1.29, 1.82) is 0 Å². The molecule has 3 rings (SSSR count). The standard InChI is InChI=1S/C21H25F3N4O2S/c1-11(2)28-19-17(8-25-28)16(7-18(27-19)15-6-13(4)31-14(15)5)20(29)26-12(3)9-30-10-21(22,23)24/h6-8,11-12H,9-10H2,1-5H3,(H,26,29). The number of fused-ring (bicyclic) bond motifs is 1. The SMILES string of the molecule is Cc1cc(-c2cc(C(=O)NC(C)COCC(F)(F)F)c3cnn(C(C)C)c3n2)c(C)s1. The molecule has 168 valence electrons. The van der Waals surface area contributed by atoms with E-state index in [-0.39, 0.29) is 12.6 Å². The molecule has 1 N–H and O–H groups in total. The first-order chi connectivity index (χ1) is 14.5. The zero-order chi connectivity index (χ0) is 22.9. The van der Waals surface area contributed by atoms with Crippen molar-refractivity contribution < 1.29 is 22.7 Å². The third-order valence-corrected chi connectivity index (χ3v) is 5.59. The molecular weight excluding hydrogens is 429 g/mol. The number of hydrogen-bond acceptors (Lipinski definition) is 5. The van der Waals surface area contributed by atoms with Crippen LogP contribution in [-0.2, 0) is 4.74 Å². The average molecular weight is 455 g/mol. The second-order valence-electron chi connectivity index (χ2n) is 7.81. The molecule has 6 nitrogen and oxygen atoms in total. The molecule has 0 aliphatic heterocycles. The summed E-state index contributed by atoms with van der Waals surface area (Å²) in [6.45, 7) is 7.95. The van der Waals surface area contributed by atoms with E-state index in [9.17, 15) is 18.0 Å². The highest BCUT2D eigenvalue weighted by atomic mass is 32.1. The number of pyridine rings is 1. The fourth-order valence-corrected chi connectivity index (χ4v) is 4.23. The van der Waals surface area contributed by atoms with Gasteiger partial charge in [0.2, 0.25) is 0 Å². The van der Waals surface area contributed by atoms with Crippen LogP contribution in [0.4, 0.5) is 13.2 Å². The number of alkyl halides is 3. The van der Waals surface area contributed by atoms with Crippen LogP contribution in [0.3, 0.4) is 0 Å². The molecule has 31 heavy (non-hydrogen) atoms. The van der Waals surface area contributed by atoms with Crippen LogP contribution >= 0.6 is 11.3 Å². The van der Waals surface area contributed by atoms with Crippen LogP contribution in [0.5, 0.6) is 0 Å². The summed E-state index contributed by atoms with van der Waals surface area (Å²) < 4.78 is 43.3. The normalized spacial score (nSPS) is 13.2. The Bertz CT molecular complexity index is 1090. The number of rotatable bonds is 7. The van der Waals surface area contributed by atoms with Crippen LogP contribution in [0.2, 0.25) is 0 Å². The lowest BCUT2D eigenvalue weighted by Crippen LogP contribution is -2.37. The van der Waals surface area contributed by atoms with E-state index in [1.54, 1.807) is 35.2 Å². The molecule has 1 atom stereocenters. The summed E-state index contributed by atoms with van der Waals surface area (Å²) in [7, 11) is 0. The van der Waals surface area contributed by atoms with Crippen LogP contribution in [-0.4, -0.2) is 46.1 Å². The van der Waals surface area contributed by atoms with Gasteiger partial charge >= 0.3 is 6.18 Å². The number of aryl methyl sites for hydroxylation is 2. The molecule has 1 amide bonds. The number of carbonyl (C=O) groups is 1. The third kappa shape index (κ3) is 5.43. The highest BCUT2D eigenvalue weighted by Gasteiger charge is 2.28. The molecular formula is C21H25F3N4O2S. The predicted molar refractivity (Wildman–Crippen MR) is 115 cm³/mol. The van der Waals surface area contributed by atoms with E-state index in [0.717, 1.165) is 15.3 Å². The number of ether oxygens (including phenoxy) is 1. The smallest absolute Gasteiger partial charge is 0.370 e. The Balaban J connectivity index is 1.95. The Kier molecular flexibility index (Phi) is 6.70. The van der Waals surface area contributed by atoms with Crippen LogP contribution in [0, 0.1) is 13.8 Å². The lowest BCUT2D eigenvalue weighted by Gasteiger charge is -2.16. The Hall–Kier alpha value is -2.46. The van der Waals surface area contributed by atoms with Gasteiger partial charge in [-0.05, 0) is 46.8 Å². The van der Waals surface area contributed by atoms with E-state index >= 15 is 0 Å². The van der Waals surface area contributed by atoms with E-state index in [4.69, 9.17) is 4.98 Å². The summed E-state index contributed by atoms with van der Waals surface area (Å²) in [6, 6.07) is 3.17. The molecule has 1 unspecified atom stereocenters. The summed E-state index contributed by atoms with van der Waals surface area (Å²) in [5.41, 5.74) is 2.55. The first kappa shape index (κ1) is 23.2. The highest BCUT2D eigenvalue weighted by molar-refractivity contribution is 7.12. The quantitative estimate of drug-likeness (QED) is 0.542. The number of hydrogen-bond donors (Lipinski definition) is 1. The van der Waals surface area contributed by atoms with Gasteiger partial charge in [-0.3, -0.25) is 4.79 Å². The van der Waals surface area contributed by atoms with E-state index in [0.29, 0.717) is 22.3 Å². The van der Waals surface area contributed by atoms with Crippen LogP contribution < -0.4 is 5.32 Å². The number of thiophene rings is 1. The highest BCUT2D eigenvalue weighted by Crippen LogP contribution is 2.32. The number of carbonyl (C=O) groups excluding carboxylic acids is 1. The second-order valence-corrected chi connectivity index (χ2v) is 9.27. The number of nitrogens with zero attached hydrogens (tertiary/aromatic N) is 3. The maximum absolute atomic E-state index is 13.0. The molecule has 10 heteroatoms. The topological polar surface area (TPSA) is 69.0 Å². The van der Waals surface area contributed by atoms with Gasteiger partial charge in [0.25, 0.3) is 5.91 Å². The predicted octanol–water partition coefficient (Wildman–Crippen LogP) is 5.05. The molecule has 0 aliphatic rings. The zero-order valence-corrected chi connectivity index (χ0v) is 18.8. The zero-order valence-electron chi connectivity index (χ0n) is 18.0. The Labute approximate surface area is 182 Å². The van der Waals surface area contributed by atoms with Crippen molar-refractivity contribution in [2.45, 2.75) is 52.9 Å². The van der Waals surface area contributed by atoms with Gasteiger partial charge in [-0.15, -0.1) is 11.3 Å². The second kappa shape index (κ2) is 8.96. The first-order valence-corrected chi connectivity index (χ1v) is 10.7. The minimum absolute atomic E-state index is 0.0381. The number of aromatic nitrogens is 3. The van der Waals surface area contributed by atoms with Gasteiger partial charge in [0.1, 0.15) is 6.61 Å². The van der Waals surface area contributed by atoms with Crippen molar-refractivity contribution >= 4 is 28.3 Å². The number of nitrogens with one attached hydrogen (secondary N) is 1. The molecule has 0 fully saturated rings. The summed E-state index contributed by atoms with van der Waals surface area (Å²) in [5.74, 6) is -0.412. The third-order valence-electron chi connectivity index (χ3n) is 4.63. The van der Waals surface area contributed by atoms with Crippen molar-refractivity contribution in [3.63, 3.8) is 0 Å². The first-order valence-electron chi connectivity index (χ1n) is 9.87. The average Bonchev–Trinajstić information content (AvgIpc) is 3.22. The minimum Gasteiger partial charge on any atom is -0.370 e. The van der Waals surface area contributed by atoms with E-state index < -0.39 is 24.7 Å². The van der Waals surface area contributed by atoms with E-state index in [1.807, 2.05) is 33.8 Å². The molecule has 3 heterocycles. The van der Waals surface area contributed by atoms with E-state index in [1.165, 1.54) is 0 Å². The van der Waals surface area contributed by atoms with Crippen LogP contribution in [0.1, 0.15) is 46.9 Å². The number of halogens is 3. The largest absolute Gasteiger partial charge is 0.411 e. The van der Waals surface area contributed by atoms with Crippen LogP contribution in [0.15, 0.2) is 18.3 Å². The molecule has 0 saturated heterocycles. The fraction of sp³-hybridized carbons (Fsp3) is 0.476. The molecule has 3 aromatic heterocycles. The van der Waals surface area contributed by atoms with Crippen molar-refractivity contribution in [3.8, 4) is 11.3 Å². The lowest BCUT2D eigenvalue weighted by atomic mass is 10.1. The van der Waals surface area contributed by atoms with Gasteiger partial charge < -0.3 is 10.1 Å². The Morgan fingerprint density at radius 2 is 1.97 bits per heavy atom. The van der Waals surface area contributed by atoms with Crippen molar-refractivity contribution in [2.75, 3.05) is 13.2 Å². The summed E-state index contributed by atoms with van der Waals surface area (Å²) >= 11 is 1.65. The molecule has 0 bridgehead atoms. The lowest BCUT2D eigenvalue weighted by molar-refractivity contribution is -0.174. The summed E-state index contributed by atoms with van der Waals surface area (Å²) in [5, 5.41) is 7.69. The summed E-state index contributed by atoms with van der Waals surface area (Å²) in [6.07, 6.45) is -2.81. The van der Waals surface area contributed by atoms with Gasteiger partial charge in [0.05, 0.1) is 29.4 Å². The molecule has 0 spiro atoms. The molecule has 0 aromatic carbocycles. The van der Waals surface area contributed by atoms with E-state index in [2.05, 4.69) is 15.2 Å². The van der Waals surface area contributed by atoms with Crippen molar-refractivity contribution in [2.24, 2.45) is 0 Å². The van der Waals surface area contributed by atoms with Crippen LogP contribution in [0.25, 0.3) is 22.3 Å². The monoisotopic (exact) mass is 454 g/mol. The number of amides is 1. The van der Waals surface area contributed by atoms with Gasteiger partial charge in [-0.1, -0.05) is 0 Å². The maximum Gasteiger partial charge on any atom is 0.411 e. The van der Waals surface area contributed by atoms with Gasteiger partial charge in [-0.25, -0.2) is 9.67 Å². The molecule has 0 radical (unpaired) electrons. The van der Waals surface area contributed by atoms with Gasteiger partial charge in [-0.2, -0.15) is 18.3 Å². The van der Waals surface area contributed by atoms with Crippen molar-refractivity contribution in [3.05, 3.63) is 33.6 Å². The van der Waals surface area contributed by atoms with Gasteiger partial charge in [0.15, 0.2) is 5.65 Å². The minimum atomic E-state index is -4.40. The summed E-state index contributed by atoms with van der Waals surface area (Å²) in [4.78, 5) is 20.0. The maximum atomic E-state index is 13.0. The molecule has 0 saturated carbocycles. The molecule has 3 aromatic rings. The molecule has 0 aliphatic carbocycles.